The molecule has 0 bridgehead atoms. The smallest absolute Gasteiger partial charge is 0.246 e. The van der Waals surface area contributed by atoms with Crippen molar-refractivity contribution >= 4 is 11.8 Å². The number of nitrogens with zero attached hydrogens (tertiary/aromatic N) is 3. The lowest BCUT2D eigenvalue weighted by molar-refractivity contribution is -0.144. The molecule has 3 rings (SSSR count). The van der Waals surface area contributed by atoms with Gasteiger partial charge in [-0.2, -0.15) is 0 Å². The van der Waals surface area contributed by atoms with E-state index in [-0.39, 0.29) is 23.9 Å². The minimum atomic E-state index is -0.284. The summed E-state index contributed by atoms with van der Waals surface area (Å²) in [5, 5.41) is 0. The first kappa shape index (κ1) is 18.4. The van der Waals surface area contributed by atoms with Crippen LogP contribution < -0.4 is 0 Å². The molecule has 3 atom stereocenters. The first-order valence-corrected chi connectivity index (χ1v) is 10.0. The van der Waals surface area contributed by atoms with E-state index in [0.29, 0.717) is 12.0 Å². The van der Waals surface area contributed by atoms with Crippen LogP contribution in [0.15, 0.2) is 12.7 Å². The fraction of sp³-hybridized carbons (Fsp3) is 0.800. The first-order chi connectivity index (χ1) is 12.1. The molecule has 2 amide bonds. The molecule has 0 aromatic rings. The van der Waals surface area contributed by atoms with Crippen molar-refractivity contribution in [2.75, 3.05) is 26.7 Å². The normalized spacial score (nSPS) is 30.8. The second-order valence-corrected chi connectivity index (χ2v) is 7.93. The minimum absolute atomic E-state index is 0.0676. The third-order valence-corrected chi connectivity index (χ3v) is 6.70. The molecule has 1 aliphatic carbocycles. The van der Waals surface area contributed by atoms with E-state index in [4.69, 9.17) is 0 Å². The average molecular weight is 348 g/mol. The highest BCUT2D eigenvalue weighted by Gasteiger charge is 2.48. The number of hydrogen-bond donors (Lipinski definition) is 0. The molecule has 0 spiro atoms. The van der Waals surface area contributed by atoms with Crippen molar-refractivity contribution in [1.82, 2.24) is 14.7 Å². The van der Waals surface area contributed by atoms with Crippen molar-refractivity contribution in [1.29, 1.82) is 0 Å². The van der Waals surface area contributed by atoms with Gasteiger partial charge in [-0.3, -0.25) is 9.59 Å². The minimum Gasteiger partial charge on any atom is -0.341 e. The lowest BCUT2D eigenvalue weighted by Gasteiger charge is -2.39. The van der Waals surface area contributed by atoms with E-state index < -0.39 is 0 Å². The van der Waals surface area contributed by atoms with E-state index in [2.05, 4.69) is 18.4 Å². The Hall–Kier alpha value is -1.36. The van der Waals surface area contributed by atoms with Crippen LogP contribution in [-0.4, -0.2) is 71.3 Å². The van der Waals surface area contributed by atoms with Crippen LogP contribution in [0.25, 0.3) is 0 Å². The number of fused-ring (bicyclic) bond motifs is 1. The van der Waals surface area contributed by atoms with Crippen LogP contribution in [0.5, 0.6) is 0 Å². The zero-order chi connectivity index (χ0) is 18.0. The van der Waals surface area contributed by atoms with Gasteiger partial charge in [-0.1, -0.05) is 26.3 Å². The van der Waals surface area contributed by atoms with Gasteiger partial charge in [0.2, 0.25) is 11.8 Å². The summed E-state index contributed by atoms with van der Waals surface area (Å²) in [5.74, 6) is 0.559. The average Bonchev–Trinajstić information content (AvgIpc) is 3.05. The predicted molar refractivity (Wildman–Crippen MR) is 99.1 cm³/mol. The summed E-state index contributed by atoms with van der Waals surface area (Å²) in [6.45, 7) is 9.06. The Morgan fingerprint density at radius 2 is 1.84 bits per heavy atom. The van der Waals surface area contributed by atoms with Crippen molar-refractivity contribution in [3.8, 4) is 0 Å². The van der Waals surface area contributed by atoms with Crippen molar-refractivity contribution in [3.05, 3.63) is 12.7 Å². The Balaban J connectivity index is 1.71. The summed E-state index contributed by atoms with van der Waals surface area (Å²) in [7, 11) is 1.94. The van der Waals surface area contributed by atoms with Gasteiger partial charge >= 0.3 is 0 Å². The molecule has 1 saturated carbocycles. The topological polar surface area (TPSA) is 43.9 Å². The lowest BCUT2D eigenvalue weighted by Crippen LogP contribution is -2.53. The van der Waals surface area contributed by atoms with Crippen LogP contribution in [0.4, 0.5) is 0 Å². The molecule has 0 aromatic heterocycles. The molecule has 5 heteroatoms. The van der Waals surface area contributed by atoms with Gasteiger partial charge in [0.25, 0.3) is 0 Å². The van der Waals surface area contributed by atoms with Crippen molar-refractivity contribution in [2.24, 2.45) is 5.92 Å². The Labute approximate surface area is 152 Å². The van der Waals surface area contributed by atoms with Gasteiger partial charge < -0.3 is 14.7 Å². The molecule has 5 nitrogen and oxygen atoms in total. The molecular formula is C20H33N3O2. The van der Waals surface area contributed by atoms with Crippen LogP contribution in [0.1, 0.15) is 51.9 Å². The molecular weight excluding hydrogens is 314 g/mol. The van der Waals surface area contributed by atoms with Gasteiger partial charge in [0.05, 0.1) is 0 Å². The maximum atomic E-state index is 13.3. The number of piperidine rings is 1. The van der Waals surface area contributed by atoms with E-state index in [0.717, 1.165) is 58.2 Å². The number of likely N-dealkylation sites (tertiary alicyclic amines) is 2. The van der Waals surface area contributed by atoms with Crippen LogP contribution in [0, 0.1) is 5.92 Å². The molecule has 0 unspecified atom stereocenters. The van der Waals surface area contributed by atoms with Crippen LogP contribution in [-0.2, 0) is 9.59 Å². The summed E-state index contributed by atoms with van der Waals surface area (Å²) >= 11 is 0. The van der Waals surface area contributed by atoms with Gasteiger partial charge in [0.15, 0.2) is 0 Å². The third-order valence-electron chi connectivity index (χ3n) is 6.70. The zero-order valence-electron chi connectivity index (χ0n) is 15.8. The number of hydrogen-bond acceptors (Lipinski definition) is 3. The second-order valence-electron chi connectivity index (χ2n) is 7.93. The van der Waals surface area contributed by atoms with Crippen LogP contribution in [0.3, 0.4) is 0 Å². The lowest BCUT2D eigenvalue weighted by atomic mass is 9.84. The highest BCUT2D eigenvalue weighted by atomic mass is 16.2. The monoisotopic (exact) mass is 347 g/mol. The largest absolute Gasteiger partial charge is 0.341 e. The number of amides is 2. The van der Waals surface area contributed by atoms with E-state index in [1.807, 2.05) is 16.8 Å². The third kappa shape index (κ3) is 3.62. The Morgan fingerprint density at radius 3 is 2.48 bits per heavy atom. The molecule has 2 heterocycles. The van der Waals surface area contributed by atoms with Gasteiger partial charge in [-0.25, -0.2) is 0 Å². The second kappa shape index (κ2) is 7.90. The van der Waals surface area contributed by atoms with Crippen molar-refractivity contribution in [3.63, 3.8) is 0 Å². The maximum absolute atomic E-state index is 13.3. The van der Waals surface area contributed by atoms with Crippen molar-refractivity contribution in [2.45, 2.75) is 70.0 Å². The number of rotatable bonds is 4. The highest BCUT2D eigenvalue weighted by molar-refractivity contribution is 5.93. The highest BCUT2D eigenvalue weighted by Crippen LogP contribution is 2.40. The number of likely N-dealkylation sites (N-methyl/N-ethyl adjacent to an activating group) is 1. The standard InChI is InChI=1S/C20H33N3O2/c1-4-19(24)23-17-9-7-6-8-15(17)14-18(23)20(25)21(3)16-10-12-22(5-2)13-11-16/h4,15-18H,1,5-14H2,2-3H3/t15-,17+,18+/m1/s1. The molecule has 2 aliphatic heterocycles. The molecule has 3 aliphatic rings. The summed E-state index contributed by atoms with van der Waals surface area (Å²) in [5.41, 5.74) is 0. The van der Waals surface area contributed by atoms with E-state index in [1.54, 1.807) is 0 Å². The quantitative estimate of drug-likeness (QED) is 0.733. The summed E-state index contributed by atoms with van der Waals surface area (Å²) in [6, 6.07) is 0.259. The maximum Gasteiger partial charge on any atom is 0.246 e. The number of carbonyl (C=O) groups is 2. The summed E-state index contributed by atoms with van der Waals surface area (Å²) in [4.78, 5) is 32.0. The molecule has 0 N–H and O–H groups in total. The van der Waals surface area contributed by atoms with Gasteiger partial charge in [-0.05, 0) is 50.6 Å². The van der Waals surface area contributed by atoms with Gasteiger partial charge in [0, 0.05) is 32.2 Å². The van der Waals surface area contributed by atoms with Crippen molar-refractivity contribution < 1.29 is 9.59 Å². The van der Waals surface area contributed by atoms with Gasteiger partial charge in [0.1, 0.15) is 6.04 Å². The van der Waals surface area contributed by atoms with Gasteiger partial charge in [-0.15, -0.1) is 0 Å². The molecule has 2 saturated heterocycles. The summed E-state index contributed by atoms with van der Waals surface area (Å²) in [6.07, 6.45) is 8.85. The van der Waals surface area contributed by atoms with Crippen LogP contribution >= 0.6 is 0 Å². The van der Waals surface area contributed by atoms with Crippen LogP contribution in [0.2, 0.25) is 0 Å². The molecule has 0 radical (unpaired) electrons. The molecule has 0 aromatic carbocycles. The first-order valence-electron chi connectivity index (χ1n) is 10.0. The Bertz CT molecular complexity index is 513. The van der Waals surface area contributed by atoms with E-state index in [1.165, 1.54) is 12.5 Å². The van der Waals surface area contributed by atoms with E-state index >= 15 is 0 Å². The predicted octanol–water partition coefficient (Wildman–Crippen LogP) is 2.27. The Morgan fingerprint density at radius 1 is 1.16 bits per heavy atom. The summed E-state index contributed by atoms with van der Waals surface area (Å²) < 4.78 is 0. The molecule has 25 heavy (non-hydrogen) atoms. The SMILES string of the molecule is C=CC(=O)N1[C@H](C(=O)N(C)C2CCN(CC)CC2)C[C@H]2CCCC[C@@H]21. The zero-order valence-corrected chi connectivity index (χ0v) is 15.8. The molecule has 3 fully saturated rings. The Kier molecular flexibility index (Phi) is 5.82. The fourth-order valence-corrected chi connectivity index (χ4v) is 5.14. The fourth-order valence-electron chi connectivity index (χ4n) is 5.14. The number of carbonyl (C=O) groups excluding carboxylic acids is 2. The molecule has 140 valence electrons. The van der Waals surface area contributed by atoms with E-state index in [9.17, 15) is 9.59 Å².